The smallest absolute Gasteiger partial charge is 0.209 e. The molecule has 0 bridgehead atoms. The minimum Gasteiger partial charge on any atom is -0.400 e. The van der Waals surface area contributed by atoms with Crippen LogP contribution in [0.4, 0.5) is 5.82 Å². The summed E-state index contributed by atoms with van der Waals surface area (Å²) in [5, 5.41) is 6.94. The molecule has 3 aliphatic rings. The fourth-order valence-electron chi connectivity index (χ4n) is 4.78. The van der Waals surface area contributed by atoms with Gasteiger partial charge >= 0.3 is 0 Å². The predicted octanol–water partition coefficient (Wildman–Crippen LogP) is 2.17. The van der Waals surface area contributed by atoms with Crippen molar-refractivity contribution in [3.63, 3.8) is 0 Å². The molecule has 5 N–H and O–H groups in total. The van der Waals surface area contributed by atoms with E-state index in [1.807, 2.05) is 17.2 Å². The van der Waals surface area contributed by atoms with E-state index < -0.39 is 0 Å². The minimum absolute atomic E-state index is 0.445. The Hall–Kier alpha value is -2.28. The maximum atomic E-state index is 10.8. The second kappa shape index (κ2) is 8.82. The molecule has 3 heterocycles. The molecule has 1 amide bonds. The zero-order valence-electron chi connectivity index (χ0n) is 16.5. The van der Waals surface area contributed by atoms with Gasteiger partial charge in [-0.2, -0.15) is 0 Å². The van der Waals surface area contributed by atoms with Gasteiger partial charge in [-0.1, -0.05) is 0 Å². The van der Waals surface area contributed by atoms with Gasteiger partial charge in [-0.25, -0.2) is 4.99 Å². The fourth-order valence-corrected chi connectivity index (χ4v) is 4.78. The Bertz CT molecular complexity index is 723. The number of carbonyl (C=O) groups is 1. The van der Waals surface area contributed by atoms with Crippen LogP contribution in [-0.2, 0) is 4.79 Å². The van der Waals surface area contributed by atoms with Gasteiger partial charge in [0.2, 0.25) is 6.41 Å². The van der Waals surface area contributed by atoms with Crippen LogP contribution < -0.4 is 16.4 Å². The Labute approximate surface area is 166 Å². The number of carbonyl (C=O) groups excluding carboxylic acids is 1. The molecule has 0 radical (unpaired) electrons. The summed E-state index contributed by atoms with van der Waals surface area (Å²) < 4.78 is 0. The highest BCUT2D eigenvalue weighted by molar-refractivity contribution is 5.87. The molecule has 7 nitrogen and oxygen atoms in total. The van der Waals surface area contributed by atoms with E-state index in [-0.39, 0.29) is 0 Å². The van der Waals surface area contributed by atoms with E-state index in [4.69, 9.17) is 5.73 Å². The fraction of sp³-hybridized carbons (Fsp3) is 0.619. The Kier molecular flexibility index (Phi) is 6.00. The lowest BCUT2D eigenvalue weighted by Crippen LogP contribution is -2.38. The van der Waals surface area contributed by atoms with Crippen LogP contribution >= 0.6 is 0 Å². The summed E-state index contributed by atoms with van der Waals surface area (Å²) in [6.07, 6.45) is 11.6. The number of H-pyrrole nitrogens is 1. The van der Waals surface area contributed by atoms with Crippen molar-refractivity contribution in [2.24, 2.45) is 28.5 Å². The van der Waals surface area contributed by atoms with Gasteiger partial charge in [-0.15, -0.1) is 0 Å². The molecule has 1 aliphatic carbocycles. The summed E-state index contributed by atoms with van der Waals surface area (Å²) >= 11 is 0. The molecule has 0 spiro atoms. The van der Waals surface area contributed by atoms with Crippen molar-refractivity contribution in [2.75, 3.05) is 26.2 Å². The summed E-state index contributed by atoms with van der Waals surface area (Å²) in [5.74, 6) is 2.78. The monoisotopic (exact) mass is 384 g/mol. The number of aromatic amines is 1. The van der Waals surface area contributed by atoms with Crippen molar-refractivity contribution >= 4 is 24.3 Å². The third-order valence-electron chi connectivity index (χ3n) is 6.64. The third kappa shape index (κ3) is 4.24. The largest absolute Gasteiger partial charge is 0.400 e. The summed E-state index contributed by atoms with van der Waals surface area (Å²) in [7, 11) is 0. The summed E-state index contributed by atoms with van der Waals surface area (Å²) in [4.78, 5) is 20.2. The van der Waals surface area contributed by atoms with Crippen LogP contribution in [-0.4, -0.2) is 48.8 Å². The first-order valence-electron chi connectivity index (χ1n) is 10.6. The molecule has 4 rings (SSSR count). The molecule has 0 unspecified atom stereocenters. The van der Waals surface area contributed by atoms with E-state index in [1.165, 1.54) is 12.8 Å². The van der Waals surface area contributed by atoms with Crippen LogP contribution in [0.25, 0.3) is 5.70 Å². The Morgan fingerprint density at radius 1 is 1.18 bits per heavy atom. The van der Waals surface area contributed by atoms with Crippen LogP contribution in [0, 0.1) is 17.8 Å². The van der Waals surface area contributed by atoms with Gasteiger partial charge in [0.1, 0.15) is 5.82 Å². The number of aromatic nitrogens is 1. The molecule has 2 aliphatic heterocycles. The number of aliphatic imine (C=N–C) groups is 1. The first kappa shape index (κ1) is 19.1. The highest BCUT2D eigenvalue weighted by Gasteiger charge is 2.26. The number of fused-ring (bicyclic) bond motifs is 1. The Balaban J connectivity index is 1.22. The second-order valence-electron chi connectivity index (χ2n) is 8.43. The molecule has 1 saturated carbocycles. The second-order valence-corrected chi connectivity index (χ2v) is 8.43. The molecule has 0 aromatic carbocycles. The standard InChI is InChI=1S/C21H32N6O/c22-19(20-18-5-8-24-21(18)26-13-25-20)17-3-1-15(2-4-17)11-23-12-16-6-9-27(14-28)10-7-16/h5,8,13-17,23-24H,1-4,6-7,9-12,22H2,(H,25,26)/b20-19-. The Morgan fingerprint density at radius 3 is 2.61 bits per heavy atom. The molecule has 2 fully saturated rings. The van der Waals surface area contributed by atoms with Crippen LogP contribution in [0.15, 0.2) is 23.0 Å². The molecule has 1 aromatic rings. The molecule has 7 heteroatoms. The molecule has 152 valence electrons. The maximum Gasteiger partial charge on any atom is 0.209 e. The number of likely N-dealkylation sites (tertiary alicyclic amines) is 1. The lowest BCUT2D eigenvalue weighted by molar-refractivity contribution is -0.119. The number of rotatable bonds is 6. The van der Waals surface area contributed by atoms with Gasteiger partial charge in [0.15, 0.2) is 0 Å². The quantitative estimate of drug-likeness (QED) is 0.565. The van der Waals surface area contributed by atoms with Crippen molar-refractivity contribution in [1.82, 2.24) is 20.5 Å². The molecule has 28 heavy (non-hydrogen) atoms. The van der Waals surface area contributed by atoms with Crippen LogP contribution in [0.5, 0.6) is 0 Å². The highest BCUT2D eigenvalue weighted by Crippen LogP contribution is 2.36. The predicted molar refractivity (Wildman–Crippen MR) is 112 cm³/mol. The van der Waals surface area contributed by atoms with Crippen molar-refractivity contribution in [2.45, 2.75) is 38.5 Å². The number of hydrogen-bond acceptors (Lipinski definition) is 5. The van der Waals surface area contributed by atoms with E-state index in [9.17, 15) is 4.79 Å². The van der Waals surface area contributed by atoms with Gasteiger partial charge in [0.05, 0.1) is 12.0 Å². The van der Waals surface area contributed by atoms with Crippen LogP contribution in [0.2, 0.25) is 0 Å². The lowest BCUT2D eigenvalue weighted by atomic mass is 9.79. The highest BCUT2D eigenvalue weighted by atomic mass is 16.1. The van der Waals surface area contributed by atoms with Crippen LogP contribution in [0.1, 0.15) is 44.1 Å². The molecule has 1 aromatic heterocycles. The van der Waals surface area contributed by atoms with Gasteiger partial charge < -0.3 is 26.3 Å². The number of nitrogens with two attached hydrogens (primary N) is 1. The number of nitrogens with zero attached hydrogens (tertiary/aromatic N) is 2. The van der Waals surface area contributed by atoms with E-state index >= 15 is 0 Å². The minimum atomic E-state index is 0.445. The number of amides is 1. The average Bonchev–Trinajstić information content (AvgIpc) is 3.23. The lowest BCUT2D eigenvalue weighted by Gasteiger charge is -2.32. The number of piperidine rings is 1. The van der Waals surface area contributed by atoms with Crippen molar-refractivity contribution in [3.8, 4) is 0 Å². The average molecular weight is 385 g/mol. The normalized spacial score (nSPS) is 27.2. The zero-order chi connectivity index (χ0) is 19.3. The number of allylic oxidation sites excluding steroid dienone is 1. The molecule has 1 saturated heterocycles. The van der Waals surface area contributed by atoms with Gasteiger partial charge in [-0.05, 0) is 69.5 Å². The SMILES string of the molecule is N/C(=C1\NC=Nc2[nH]ccc21)C1CCC(CNCC2CCN(C=O)CC2)CC1. The van der Waals surface area contributed by atoms with Crippen LogP contribution in [0.3, 0.4) is 0 Å². The number of hydrogen-bond donors (Lipinski definition) is 4. The summed E-state index contributed by atoms with van der Waals surface area (Å²) in [5.41, 5.74) is 9.63. The summed E-state index contributed by atoms with van der Waals surface area (Å²) in [6, 6.07) is 2.04. The first-order chi connectivity index (χ1) is 13.7. The van der Waals surface area contributed by atoms with E-state index in [0.717, 1.165) is 87.0 Å². The van der Waals surface area contributed by atoms with Gasteiger partial charge in [0.25, 0.3) is 0 Å². The van der Waals surface area contributed by atoms with E-state index in [2.05, 4.69) is 20.6 Å². The molecular formula is C21H32N6O. The van der Waals surface area contributed by atoms with Gasteiger partial charge in [-0.3, -0.25) is 4.79 Å². The van der Waals surface area contributed by atoms with E-state index in [0.29, 0.717) is 11.8 Å². The van der Waals surface area contributed by atoms with Crippen molar-refractivity contribution in [1.29, 1.82) is 0 Å². The first-order valence-corrected chi connectivity index (χ1v) is 10.6. The molecule has 0 atom stereocenters. The topological polar surface area (TPSA) is 98.5 Å². The third-order valence-corrected chi connectivity index (χ3v) is 6.64. The number of nitrogens with one attached hydrogen (secondary N) is 3. The zero-order valence-corrected chi connectivity index (χ0v) is 16.5. The molecular weight excluding hydrogens is 352 g/mol. The van der Waals surface area contributed by atoms with E-state index in [1.54, 1.807) is 6.34 Å². The van der Waals surface area contributed by atoms with Crippen molar-refractivity contribution in [3.05, 3.63) is 23.5 Å². The summed E-state index contributed by atoms with van der Waals surface area (Å²) in [6.45, 7) is 4.01. The van der Waals surface area contributed by atoms with Crippen molar-refractivity contribution < 1.29 is 4.79 Å². The Morgan fingerprint density at radius 2 is 1.89 bits per heavy atom. The maximum absolute atomic E-state index is 10.8. The van der Waals surface area contributed by atoms with Gasteiger partial charge in [0, 0.05) is 36.5 Å².